The lowest BCUT2D eigenvalue weighted by atomic mass is 10.1. The molecule has 1 atom stereocenters. The third-order valence-corrected chi connectivity index (χ3v) is 3.42. The van der Waals surface area contributed by atoms with Crippen molar-refractivity contribution in [3.63, 3.8) is 0 Å². The van der Waals surface area contributed by atoms with Crippen LogP contribution in [0.4, 0.5) is 0 Å². The molecule has 1 unspecified atom stereocenters. The normalized spacial score (nSPS) is 28.5. The predicted molar refractivity (Wildman–Crippen MR) is 48.9 cm³/mol. The maximum Gasteiger partial charge on any atom is 0.0499 e. The first-order valence-electron chi connectivity index (χ1n) is 5.10. The van der Waals surface area contributed by atoms with E-state index in [9.17, 15) is 0 Å². The Labute approximate surface area is 74.4 Å². The zero-order chi connectivity index (χ0) is 8.60. The first-order valence-corrected chi connectivity index (χ1v) is 5.10. The third-order valence-electron chi connectivity index (χ3n) is 3.42. The topological polar surface area (TPSA) is 32.3 Å². The molecule has 2 rings (SSSR count). The van der Waals surface area contributed by atoms with Crippen molar-refractivity contribution in [2.75, 3.05) is 13.2 Å². The summed E-state index contributed by atoms with van der Waals surface area (Å²) in [4.78, 5) is 0. The lowest BCUT2D eigenvalue weighted by Crippen LogP contribution is -2.34. The van der Waals surface area contributed by atoms with Gasteiger partial charge in [-0.3, -0.25) is 0 Å². The minimum Gasteiger partial charge on any atom is -0.396 e. The quantitative estimate of drug-likeness (QED) is 0.647. The first-order chi connectivity index (χ1) is 5.76. The summed E-state index contributed by atoms with van der Waals surface area (Å²) < 4.78 is 0. The van der Waals surface area contributed by atoms with Gasteiger partial charge < -0.3 is 10.4 Å². The van der Waals surface area contributed by atoms with E-state index >= 15 is 0 Å². The SMILES string of the molecule is CC(NCC1(CO)CC1)C1CC1. The molecule has 2 N–H and O–H groups in total. The summed E-state index contributed by atoms with van der Waals surface area (Å²) in [7, 11) is 0. The molecule has 2 heteroatoms. The molecule has 0 aliphatic heterocycles. The maximum absolute atomic E-state index is 9.08. The number of hydrogen-bond acceptors (Lipinski definition) is 2. The van der Waals surface area contributed by atoms with Crippen LogP contribution in [0.15, 0.2) is 0 Å². The number of aliphatic hydroxyl groups excluding tert-OH is 1. The highest BCUT2D eigenvalue weighted by molar-refractivity contribution is 4.96. The number of aliphatic hydroxyl groups is 1. The second-order valence-corrected chi connectivity index (χ2v) is 4.67. The molecular formula is C10H19NO. The molecule has 0 heterocycles. The van der Waals surface area contributed by atoms with Crippen LogP contribution in [0.5, 0.6) is 0 Å². The smallest absolute Gasteiger partial charge is 0.0499 e. The highest BCUT2D eigenvalue weighted by Gasteiger charge is 2.42. The van der Waals surface area contributed by atoms with Gasteiger partial charge >= 0.3 is 0 Å². The highest BCUT2D eigenvalue weighted by atomic mass is 16.3. The fourth-order valence-electron chi connectivity index (χ4n) is 1.71. The van der Waals surface area contributed by atoms with Gasteiger partial charge in [0.2, 0.25) is 0 Å². The van der Waals surface area contributed by atoms with E-state index in [2.05, 4.69) is 12.2 Å². The van der Waals surface area contributed by atoms with Crippen molar-refractivity contribution in [1.82, 2.24) is 5.32 Å². The van der Waals surface area contributed by atoms with E-state index in [0.29, 0.717) is 12.6 Å². The van der Waals surface area contributed by atoms with E-state index in [1.165, 1.54) is 25.7 Å². The minimum atomic E-state index is 0.281. The van der Waals surface area contributed by atoms with E-state index in [0.717, 1.165) is 12.5 Å². The van der Waals surface area contributed by atoms with E-state index < -0.39 is 0 Å². The Kier molecular flexibility index (Phi) is 2.13. The Hall–Kier alpha value is -0.0800. The van der Waals surface area contributed by atoms with E-state index in [-0.39, 0.29) is 5.41 Å². The zero-order valence-electron chi connectivity index (χ0n) is 7.84. The molecule has 0 bridgehead atoms. The van der Waals surface area contributed by atoms with Crippen molar-refractivity contribution in [1.29, 1.82) is 0 Å². The third kappa shape index (κ3) is 1.80. The van der Waals surface area contributed by atoms with Crippen molar-refractivity contribution in [2.24, 2.45) is 11.3 Å². The molecule has 2 aliphatic carbocycles. The summed E-state index contributed by atoms with van der Waals surface area (Å²) >= 11 is 0. The van der Waals surface area contributed by atoms with Crippen molar-refractivity contribution in [2.45, 2.75) is 38.6 Å². The molecule has 0 spiro atoms. The van der Waals surface area contributed by atoms with Crippen molar-refractivity contribution in [3.05, 3.63) is 0 Å². The molecule has 0 aromatic rings. The second-order valence-electron chi connectivity index (χ2n) is 4.67. The van der Waals surface area contributed by atoms with E-state index in [1.807, 2.05) is 0 Å². The fourth-order valence-corrected chi connectivity index (χ4v) is 1.71. The van der Waals surface area contributed by atoms with Gasteiger partial charge in [0.25, 0.3) is 0 Å². The van der Waals surface area contributed by atoms with Gasteiger partial charge in [-0.25, -0.2) is 0 Å². The predicted octanol–water partition coefficient (Wildman–Crippen LogP) is 1.15. The van der Waals surface area contributed by atoms with Gasteiger partial charge in [-0.05, 0) is 38.5 Å². The molecule has 0 amide bonds. The van der Waals surface area contributed by atoms with Crippen LogP contribution < -0.4 is 5.32 Å². The van der Waals surface area contributed by atoms with Crippen LogP contribution in [0.3, 0.4) is 0 Å². The molecule has 2 aliphatic rings. The average molecular weight is 169 g/mol. The van der Waals surface area contributed by atoms with Gasteiger partial charge in [0, 0.05) is 24.6 Å². The molecule has 70 valence electrons. The molecule has 0 radical (unpaired) electrons. The van der Waals surface area contributed by atoms with E-state index in [4.69, 9.17) is 5.11 Å². The fraction of sp³-hybridized carbons (Fsp3) is 1.00. The summed E-state index contributed by atoms with van der Waals surface area (Å²) in [6, 6.07) is 0.675. The summed E-state index contributed by atoms with van der Waals surface area (Å²) in [6.45, 7) is 3.67. The lowest BCUT2D eigenvalue weighted by Gasteiger charge is -2.17. The van der Waals surface area contributed by atoms with Crippen LogP contribution in [0.1, 0.15) is 32.6 Å². The summed E-state index contributed by atoms with van der Waals surface area (Å²) in [5.41, 5.74) is 0.281. The van der Waals surface area contributed by atoms with Crippen LogP contribution in [-0.4, -0.2) is 24.3 Å². The largest absolute Gasteiger partial charge is 0.396 e. The van der Waals surface area contributed by atoms with Crippen LogP contribution >= 0.6 is 0 Å². The maximum atomic E-state index is 9.08. The van der Waals surface area contributed by atoms with Gasteiger partial charge in [-0.15, -0.1) is 0 Å². The van der Waals surface area contributed by atoms with Crippen LogP contribution in [-0.2, 0) is 0 Å². The molecule has 0 aromatic carbocycles. The van der Waals surface area contributed by atoms with Crippen molar-refractivity contribution < 1.29 is 5.11 Å². The Morgan fingerprint density at radius 1 is 1.50 bits per heavy atom. The van der Waals surface area contributed by atoms with E-state index in [1.54, 1.807) is 0 Å². The summed E-state index contributed by atoms with van der Waals surface area (Å²) in [5.74, 6) is 0.930. The molecule has 2 nitrogen and oxygen atoms in total. The molecule has 0 aromatic heterocycles. The Bertz CT molecular complexity index is 161. The summed E-state index contributed by atoms with van der Waals surface area (Å²) in [5, 5.41) is 12.6. The van der Waals surface area contributed by atoms with Crippen LogP contribution in [0, 0.1) is 11.3 Å². The van der Waals surface area contributed by atoms with Crippen molar-refractivity contribution >= 4 is 0 Å². The molecule has 12 heavy (non-hydrogen) atoms. The lowest BCUT2D eigenvalue weighted by molar-refractivity contribution is 0.203. The Morgan fingerprint density at radius 2 is 2.17 bits per heavy atom. The standard InChI is InChI=1S/C10H19NO/c1-8(9-2-3-9)11-6-10(7-12)4-5-10/h8-9,11-12H,2-7H2,1H3. The van der Waals surface area contributed by atoms with Gasteiger partial charge in [0.15, 0.2) is 0 Å². The molecule has 0 saturated heterocycles. The summed E-state index contributed by atoms with van der Waals surface area (Å²) in [6.07, 6.45) is 5.24. The molecule has 2 saturated carbocycles. The zero-order valence-corrected chi connectivity index (χ0v) is 7.84. The van der Waals surface area contributed by atoms with Crippen molar-refractivity contribution in [3.8, 4) is 0 Å². The number of hydrogen-bond donors (Lipinski definition) is 2. The van der Waals surface area contributed by atoms with Gasteiger partial charge in [0.05, 0.1) is 0 Å². The minimum absolute atomic E-state index is 0.281. The molecular weight excluding hydrogens is 150 g/mol. The Balaban J connectivity index is 1.67. The first kappa shape index (κ1) is 8.52. The van der Waals surface area contributed by atoms with Crippen LogP contribution in [0.2, 0.25) is 0 Å². The average Bonchev–Trinajstić information content (AvgIpc) is 2.94. The number of rotatable bonds is 5. The highest BCUT2D eigenvalue weighted by Crippen LogP contribution is 2.44. The monoisotopic (exact) mass is 169 g/mol. The van der Waals surface area contributed by atoms with Crippen LogP contribution in [0.25, 0.3) is 0 Å². The second kappa shape index (κ2) is 3.00. The number of nitrogens with one attached hydrogen (secondary N) is 1. The van der Waals surface area contributed by atoms with Gasteiger partial charge in [-0.1, -0.05) is 0 Å². The van der Waals surface area contributed by atoms with Gasteiger partial charge in [-0.2, -0.15) is 0 Å². The Morgan fingerprint density at radius 3 is 2.58 bits per heavy atom. The van der Waals surface area contributed by atoms with Gasteiger partial charge in [0.1, 0.15) is 0 Å². The molecule has 2 fully saturated rings.